The highest BCUT2D eigenvalue weighted by Crippen LogP contribution is 2.32. The third-order valence-corrected chi connectivity index (χ3v) is 3.02. The molecule has 0 bridgehead atoms. The van der Waals surface area contributed by atoms with Crippen LogP contribution in [0.25, 0.3) is 0 Å². The number of hydrogen-bond acceptors (Lipinski definition) is 4. The number of benzene rings is 1. The van der Waals surface area contributed by atoms with Gasteiger partial charge in [0.15, 0.2) is 0 Å². The number of ether oxygens (including phenoxy) is 1. The summed E-state index contributed by atoms with van der Waals surface area (Å²) < 4.78 is 44.3. The molecule has 0 aliphatic rings. The molecule has 0 spiro atoms. The molecule has 0 fully saturated rings. The Morgan fingerprint density at radius 3 is 2.52 bits per heavy atom. The molecular formula is C13H12BrF3N2O2. The fourth-order valence-corrected chi connectivity index (χ4v) is 1.81. The van der Waals surface area contributed by atoms with E-state index in [1.807, 2.05) is 0 Å². The molecule has 0 unspecified atom stereocenters. The summed E-state index contributed by atoms with van der Waals surface area (Å²) in [6.07, 6.45) is -4.51. The van der Waals surface area contributed by atoms with Crippen molar-refractivity contribution < 1.29 is 22.7 Å². The highest BCUT2D eigenvalue weighted by Gasteiger charge is 2.38. The number of carbonyl (C=O) groups excluding carboxylic acids is 1. The zero-order chi connectivity index (χ0) is 16.0. The predicted octanol–water partition coefficient (Wildman–Crippen LogP) is 3.89. The average molecular weight is 365 g/mol. The number of allylic oxidation sites excluding steroid dienone is 1. The van der Waals surface area contributed by atoms with Crippen LogP contribution in [-0.4, -0.2) is 25.0 Å². The summed E-state index contributed by atoms with van der Waals surface area (Å²) >= 11 is 3.10. The van der Waals surface area contributed by atoms with E-state index in [0.29, 0.717) is 10.7 Å². The second-order valence-corrected chi connectivity index (χ2v) is 4.61. The number of hydrogen-bond donors (Lipinski definition) is 2. The molecule has 21 heavy (non-hydrogen) atoms. The predicted molar refractivity (Wildman–Crippen MR) is 76.3 cm³/mol. The minimum atomic E-state index is -4.84. The van der Waals surface area contributed by atoms with Crippen molar-refractivity contribution in [1.29, 1.82) is 5.41 Å². The van der Waals surface area contributed by atoms with Gasteiger partial charge in [0.2, 0.25) is 0 Å². The molecule has 0 radical (unpaired) electrons. The van der Waals surface area contributed by atoms with Crippen molar-refractivity contribution >= 4 is 33.8 Å². The van der Waals surface area contributed by atoms with Crippen molar-refractivity contribution in [2.24, 2.45) is 0 Å². The molecule has 0 aliphatic heterocycles. The normalized spacial score (nSPS) is 12.4. The van der Waals surface area contributed by atoms with Crippen LogP contribution in [0.15, 0.2) is 40.0 Å². The number of anilines is 1. The van der Waals surface area contributed by atoms with Crippen LogP contribution < -0.4 is 5.32 Å². The summed E-state index contributed by atoms with van der Waals surface area (Å²) in [5, 5.41) is 9.20. The van der Waals surface area contributed by atoms with Gasteiger partial charge in [-0.05, 0) is 35.0 Å². The first kappa shape index (κ1) is 17.2. The Kier molecular flexibility index (Phi) is 5.95. The minimum Gasteiger partial charge on any atom is -0.462 e. The van der Waals surface area contributed by atoms with E-state index in [1.54, 1.807) is 12.1 Å². The van der Waals surface area contributed by atoms with E-state index in [4.69, 9.17) is 5.41 Å². The maximum absolute atomic E-state index is 13.1. The van der Waals surface area contributed by atoms with Crippen LogP contribution in [-0.2, 0) is 9.53 Å². The molecule has 0 aromatic heterocycles. The van der Waals surface area contributed by atoms with Gasteiger partial charge in [-0.1, -0.05) is 12.1 Å². The van der Waals surface area contributed by atoms with Gasteiger partial charge in [0.1, 0.15) is 11.3 Å². The van der Waals surface area contributed by atoms with Gasteiger partial charge in [-0.15, -0.1) is 0 Å². The van der Waals surface area contributed by atoms with E-state index in [-0.39, 0.29) is 12.3 Å². The molecule has 114 valence electrons. The first-order chi connectivity index (χ1) is 9.81. The van der Waals surface area contributed by atoms with Crippen LogP contribution in [0.1, 0.15) is 6.92 Å². The zero-order valence-corrected chi connectivity index (χ0v) is 12.5. The number of carbonyl (C=O) groups is 1. The Bertz CT molecular complexity index is 571. The molecule has 0 atom stereocenters. The molecule has 2 N–H and O–H groups in total. The van der Waals surface area contributed by atoms with Crippen LogP contribution in [0.3, 0.4) is 0 Å². The topological polar surface area (TPSA) is 62.2 Å². The van der Waals surface area contributed by atoms with E-state index >= 15 is 0 Å². The highest BCUT2D eigenvalue weighted by atomic mass is 79.9. The van der Waals surface area contributed by atoms with Gasteiger partial charge < -0.3 is 15.5 Å². The standard InChI is InChI=1S/C13H12BrF3N2O2/c1-2-21-12(20)8(7-18)11(13(15,16)17)19-10-6-4-3-5-9(10)14/h3-7,18-19H,2H2,1H3/b11-8+,18-7?. The van der Waals surface area contributed by atoms with Crippen molar-refractivity contribution in [3.63, 3.8) is 0 Å². The molecule has 1 rings (SSSR count). The summed E-state index contributed by atoms with van der Waals surface area (Å²) in [5.41, 5.74) is -2.11. The lowest BCUT2D eigenvalue weighted by atomic mass is 10.2. The maximum Gasteiger partial charge on any atom is 0.432 e. The lowest BCUT2D eigenvalue weighted by molar-refractivity contribution is -0.139. The summed E-state index contributed by atoms with van der Waals surface area (Å²) in [6.45, 7) is 1.38. The molecule has 0 saturated heterocycles. The third kappa shape index (κ3) is 4.59. The van der Waals surface area contributed by atoms with E-state index in [2.05, 4.69) is 26.0 Å². The van der Waals surface area contributed by atoms with Gasteiger partial charge in [-0.2, -0.15) is 13.2 Å². The number of alkyl halides is 3. The molecular weight excluding hydrogens is 353 g/mol. The summed E-state index contributed by atoms with van der Waals surface area (Å²) in [7, 11) is 0. The Hall–Kier alpha value is -1.83. The van der Waals surface area contributed by atoms with Crippen LogP contribution in [0.4, 0.5) is 18.9 Å². The Morgan fingerprint density at radius 1 is 1.43 bits per heavy atom. The van der Waals surface area contributed by atoms with Gasteiger partial charge in [0.05, 0.1) is 12.3 Å². The second-order valence-electron chi connectivity index (χ2n) is 3.76. The average Bonchev–Trinajstić information content (AvgIpc) is 2.40. The third-order valence-electron chi connectivity index (χ3n) is 2.33. The van der Waals surface area contributed by atoms with Crippen LogP contribution in [0.2, 0.25) is 0 Å². The van der Waals surface area contributed by atoms with Crippen LogP contribution in [0, 0.1) is 5.41 Å². The van der Waals surface area contributed by atoms with Crippen molar-refractivity contribution in [2.45, 2.75) is 13.1 Å². The Morgan fingerprint density at radius 2 is 2.05 bits per heavy atom. The largest absolute Gasteiger partial charge is 0.462 e. The van der Waals surface area contributed by atoms with Gasteiger partial charge >= 0.3 is 12.1 Å². The molecule has 0 aliphatic carbocycles. The van der Waals surface area contributed by atoms with E-state index in [0.717, 1.165) is 0 Å². The lowest BCUT2D eigenvalue weighted by Crippen LogP contribution is -2.25. The Balaban J connectivity index is 3.32. The number of nitrogens with one attached hydrogen (secondary N) is 2. The van der Waals surface area contributed by atoms with Gasteiger partial charge in [0.25, 0.3) is 0 Å². The summed E-state index contributed by atoms with van der Waals surface area (Å²) in [4.78, 5) is 11.6. The van der Waals surface area contributed by atoms with Crippen molar-refractivity contribution in [2.75, 3.05) is 11.9 Å². The maximum atomic E-state index is 13.1. The van der Waals surface area contributed by atoms with Crippen molar-refractivity contribution in [3.05, 3.63) is 40.0 Å². The summed E-state index contributed by atoms with van der Waals surface area (Å²) in [6, 6.07) is 6.12. The molecule has 0 heterocycles. The van der Waals surface area contributed by atoms with Crippen molar-refractivity contribution in [1.82, 2.24) is 0 Å². The van der Waals surface area contributed by atoms with Crippen molar-refractivity contribution in [3.8, 4) is 0 Å². The molecule has 1 aromatic rings. The first-order valence-corrected chi connectivity index (χ1v) is 6.61. The van der Waals surface area contributed by atoms with Crippen LogP contribution >= 0.6 is 15.9 Å². The van der Waals surface area contributed by atoms with Gasteiger partial charge in [-0.25, -0.2) is 4.79 Å². The second kappa shape index (κ2) is 7.26. The van der Waals surface area contributed by atoms with E-state index in [9.17, 15) is 18.0 Å². The number of esters is 1. The van der Waals surface area contributed by atoms with E-state index < -0.39 is 23.4 Å². The van der Waals surface area contributed by atoms with E-state index in [1.165, 1.54) is 19.1 Å². The zero-order valence-electron chi connectivity index (χ0n) is 10.9. The monoisotopic (exact) mass is 364 g/mol. The quantitative estimate of drug-likeness (QED) is 0.473. The Labute approximate surface area is 127 Å². The molecule has 0 amide bonds. The lowest BCUT2D eigenvalue weighted by Gasteiger charge is -2.17. The van der Waals surface area contributed by atoms with Crippen LogP contribution in [0.5, 0.6) is 0 Å². The fourth-order valence-electron chi connectivity index (χ4n) is 1.43. The van der Waals surface area contributed by atoms with Gasteiger partial charge in [-0.3, -0.25) is 0 Å². The molecule has 8 heteroatoms. The number of rotatable bonds is 5. The number of halogens is 4. The first-order valence-electron chi connectivity index (χ1n) is 5.81. The molecule has 1 aromatic carbocycles. The molecule has 0 saturated carbocycles. The smallest absolute Gasteiger partial charge is 0.432 e. The SMILES string of the molecule is CCOC(=O)/C(C=N)=C(/Nc1ccccc1Br)C(F)(F)F. The minimum absolute atomic E-state index is 0.0870. The fraction of sp³-hybridized carbons (Fsp3) is 0.231. The summed E-state index contributed by atoms with van der Waals surface area (Å²) in [5.74, 6) is -1.21. The molecule has 4 nitrogen and oxygen atoms in total. The van der Waals surface area contributed by atoms with Gasteiger partial charge in [0, 0.05) is 10.7 Å². The highest BCUT2D eigenvalue weighted by molar-refractivity contribution is 9.10. The number of para-hydroxylation sites is 1.